The Labute approximate surface area is 104 Å². The number of ether oxygens (including phenoxy) is 1. The van der Waals surface area contributed by atoms with Crippen LogP contribution in [0.25, 0.3) is 0 Å². The molecule has 0 amide bonds. The predicted octanol–water partition coefficient (Wildman–Crippen LogP) is 3.68. The number of hydrogen-bond acceptors (Lipinski definition) is 2. The van der Waals surface area contributed by atoms with Gasteiger partial charge in [-0.2, -0.15) is 0 Å². The van der Waals surface area contributed by atoms with Crippen molar-refractivity contribution in [1.29, 1.82) is 0 Å². The van der Waals surface area contributed by atoms with Gasteiger partial charge in [-0.15, -0.1) is 0 Å². The second-order valence-corrected chi connectivity index (χ2v) is 5.13. The molecule has 1 aromatic carbocycles. The first-order chi connectivity index (χ1) is 8.09. The summed E-state index contributed by atoms with van der Waals surface area (Å²) in [6.07, 6.45) is 4.69. The SMILES string of the molecule is Cc1ccc(C(C)O)c(OC2CCCC2)c1C. The summed E-state index contributed by atoms with van der Waals surface area (Å²) < 4.78 is 6.12. The Kier molecular flexibility index (Phi) is 3.72. The fraction of sp³-hybridized carbons (Fsp3) is 0.600. The lowest BCUT2D eigenvalue weighted by molar-refractivity contribution is 0.173. The smallest absolute Gasteiger partial charge is 0.128 e. The molecule has 1 aromatic rings. The third-order valence-electron chi connectivity index (χ3n) is 3.74. The molecule has 1 unspecified atom stereocenters. The molecule has 0 aromatic heterocycles. The van der Waals surface area contributed by atoms with Crippen LogP contribution in [-0.2, 0) is 0 Å². The van der Waals surface area contributed by atoms with Crippen LogP contribution in [0.2, 0.25) is 0 Å². The van der Waals surface area contributed by atoms with E-state index in [9.17, 15) is 5.11 Å². The largest absolute Gasteiger partial charge is 0.490 e. The van der Waals surface area contributed by atoms with Gasteiger partial charge in [0.05, 0.1) is 12.2 Å². The molecule has 17 heavy (non-hydrogen) atoms. The van der Waals surface area contributed by atoms with Crippen molar-refractivity contribution in [2.45, 2.75) is 58.7 Å². The highest BCUT2D eigenvalue weighted by Gasteiger charge is 2.21. The van der Waals surface area contributed by atoms with E-state index in [0.717, 1.165) is 29.7 Å². The van der Waals surface area contributed by atoms with E-state index in [2.05, 4.69) is 19.9 Å². The van der Waals surface area contributed by atoms with Crippen LogP contribution in [0, 0.1) is 13.8 Å². The van der Waals surface area contributed by atoms with Gasteiger partial charge in [-0.05, 0) is 57.6 Å². The molecule has 0 radical (unpaired) electrons. The zero-order valence-electron chi connectivity index (χ0n) is 11.0. The Morgan fingerprint density at radius 3 is 2.47 bits per heavy atom. The third kappa shape index (κ3) is 2.63. The van der Waals surface area contributed by atoms with Crippen molar-refractivity contribution in [2.75, 3.05) is 0 Å². The summed E-state index contributed by atoms with van der Waals surface area (Å²) in [6.45, 7) is 5.96. The van der Waals surface area contributed by atoms with Crippen LogP contribution in [0.15, 0.2) is 12.1 Å². The van der Waals surface area contributed by atoms with Gasteiger partial charge in [0, 0.05) is 5.56 Å². The molecule has 1 atom stereocenters. The Morgan fingerprint density at radius 1 is 1.24 bits per heavy atom. The summed E-state index contributed by atoms with van der Waals surface area (Å²) in [5, 5.41) is 9.81. The number of aryl methyl sites for hydroxylation is 1. The van der Waals surface area contributed by atoms with Gasteiger partial charge in [0.2, 0.25) is 0 Å². The van der Waals surface area contributed by atoms with Crippen molar-refractivity contribution < 1.29 is 9.84 Å². The summed E-state index contributed by atoms with van der Waals surface area (Å²) >= 11 is 0. The molecule has 0 aliphatic heterocycles. The number of aliphatic hydroxyl groups excluding tert-OH is 1. The molecule has 0 saturated heterocycles. The lowest BCUT2D eigenvalue weighted by atomic mass is 10.0. The van der Waals surface area contributed by atoms with Crippen molar-refractivity contribution in [2.24, 2.45) is 0 Å². The van der Waals surface area contributed by atoms with Gasteiger partial charge in [0.1, 0.15) is 5.75 Å². The minimum Gasteiger partial charge on any atom is -0.490 e. The van der Waals surface area contributed by atoms with E-state index in [1.54, 1.807) is 6.92 Å². The zero-order valence-corrected chi connectivity index (χ0v) is 11.0. The maximum absolute atomic E-state index is 9.81. The van der Waals surface area contributed by atoms with Crippen LogP contribution in [0.4, 0.5) is 0 Å². The normalized spacial score (nSPS) is 18.4. The molecule has 0 spiro atoms. The molecule has 0 bridgehead atoms. The molecule has 2 nitrogen and oxygen atoms in total. The second-order valence-electron chi connectivity index (χ2n) is 5.13. The fourth-order valence-corrected chi connectivity index (χ4v) is 2.47. The van der Waals surface area contributed by atoms with E-state index in [4.69, 9.17) is 4.74 Å². The van der Waals surface area contributed by atoms with Crippen LogP contribution >= 0.6 is 0 Å². The van der Waals surface area contributed by atoms with Crippen LogP contribution in [0.1, 0.15) is 55.4 Å². The van der Waals surface area contributed by atoms with Crippen LogP contribution < -0.4 is 4.74 Å². The Balaban J connectivity index is 2.31. The van der Waals surface area contributed by atoms with Crippen molar-refractivity contribution >= 4 is 0 Å². The number of rotatable bonds is 3. The van der Waals surface area contributed by atoms with E-state index in [0.29, 0.717) is 6.10 Å². The first kappa shape index (κ1) is 12.4. The highest BCUT2D eigenvalue weighted by Crippen LogP contribution is 2.34. The van der Waals surface area contributed by atoms with Crippen molar-refractivity contribution in [3.05, 3.63) is 28.8 Å². The number of aliphatic hydroxyl groups is 1. The van der Waals surface area contributed by atoms with E-state index >= 15 is 0 Å². The van der Waals surface area contributed by atoms with Crippen LogP contribution in [-0.4, -0.2) is 11.2 Å². The van der Waals surface area contributed by atoms with Gasteiger partial charge in [-0.3, -0.25) is 0 Å². The van der Waals surface area contributed by atoms with Gasteiger partial charge in [-0.1, -0.05) is 12.1 Å². The molecule has 1 saturated carbocycles. The summed E-state index contributed by atoms with van der Waals surface area (Å²) in [7, 11) is 0. The molecule has 1 aliphatic rings. The van der Waals surface area contributed by atoms with E-state index in [1.807, 2.05) is 6.07 Å². The van der Waals surface area contributed by atoms with Crippen molar-refractivity contribution in [3.8, 4) is 5.75 Å². The molecular weight excluding hydrogens is 212 g/mol. The first-order valence-electron chi connectivity index (χ1n) is 6.54. The van der Waals surface area contributed by atoms with E-state index < -0.39 is 6.10 Å². The highest BCUT2D eigenvalue weighted by atomic mass is 16.5. The van der Waals surface area contributed by atoms with Crippen LogP contribution in [0.3, 0.4) is 0 Å². The zero-order chi connectivity index (χ0) is 12.4. The number of benzene rings is 1. The van der Waals surface area contributed by atoms with E-state index in [-0.39, 0.29) is 0 Å². The maximum atomic E-state index is 9.81. The standard InChI is InChI=1S/C15H22O2/c1-10-8-9-14(12(3)16)15(11(10)2)17-13-6-4-5-7-13/h8-9,12-13,16H,4-7H2,1-3H3. The van der Waals surface area contributed by atoms with Crippen molar-refractivity contribution in [1.82, 2.24) is 0 Å². The monoisotopic (exact) mass is 234 g/mol. The average Bonchev–Trinajstić information content (AvgIpc) is 2.77. The summed E-state index contributed by atoms with van der Waals surface area (Å²) in [4.78, 5) is 0. The predicted molar refractivity (Wildman–Crippen MR) is 69.4 cm³/mol. The molecule has 1 fully saturated rings. The summed E-state index contributed by atoms with van der Waals surface area (Å²) in [5.74, 6) is 0.909. The van der Waals surface area contributed by atoms with Gasteiger partial charge in [0.15, 0.2) is 0 Å². The molecule has 2 heteroatoms. The second kappa shape index (κ2) is 5.09. The quantitative estimate of drug-likeness (QED) is 0.864. The fourth-order valence-electron chi connectivity index (χ4n) is 2.47. The average molecular weight is 234 g/mol. The number of hydrogen-bond donors (Lipinski definition) is 1. The highest BCUT2D eigenvalue weighted by molar-refractivity contribution is 5.46. The van der Waals surface area contributed by atoms with E-state index in [1.165, 1.54) is 18.4 Å². The lowest BCUT2D eigenvalue weighted by Gasteiger charge is -2.21. The van der Waals surface area contributed by atoms with Crippen LogP contribution in [0.5, 0.6) is 5.75 Å². The van der Waals surface area contributed by atoms with Crippen molar-refractivity contribution in [3.63, 3.8) is 0 Å². The molecule has 1 aliphatic carbocycles. The van der Waals surface area contributed by atoms with Gasteiger partial charge in [0.25, 0.3) is 0 Å². The molecule has 1 N–H and O–H groups in total. The van der Waals surface area contributed by atoms with Gasteiger partial charge < -0.3 is 9.84 Å². The molecule has 0 heterocycles. The first-order valence-corrected chi connectivity index (χ1v) is 6.54. The lowest BCUT2D eigenvalue weighted by Crippen LogP contribution is -2.14. The Hall–Kier alpha value is -1.02. The van der Waals surface area contributed by atoms with Gasteiger partial charge in [-0.25, -0.2) is 0 Å². The summed E-state index contributed by atoms with van der Waals surface area (Å²) in [6, 6.07) is 4.04. The maximum Gasteiger partial charge on any atom is 0.128 e. The molecular formula is C15H22O2. The minimum absolute atomic E-state index is 0.341. The van der Waals surface area contributed by atoms with Gasteiger partial charge >= 0.3 is 0 Å². The molecule has 94 valence electrons. The Morgan fingerprint density at radius 2 is 1.88 bits per heavy atom. The Bertz CT molecular complexity index is 390. The summed E-state index contributed by atoms with van der Waals surface area (Å²) in [5.41, 5.74) is 3.30. The molecule has 2 rings (SSSR count). The topological polar surface area (TPSA) is 29.5 Å². The minimum atomic E-state index is -0.467. The third-order valence-corrected chi connectivity index (χ3v) is 3.74.